The summed E-state index contributed by atoms with van der Waals surface area (Å²) >= 11 is 0. The first-order valence-corrected chi connectivity index (χ1v) is 4.03. The number of primary amides is 1. The van der Waals surface area contributed by atoms with Crippen molar-refractivity contribution in [1.82, 2.24) is 0 Å². The summed E-state index contributed by atoms with van der Waals surface area (Å²) in [5.74, 6) is -0.448. The fourth-order valence-corrected chi connectivity index (χ4v) is 1.42. The Kier molecular flexibility index (Phi) is 1.81. The first-order chi connectivity index (χ1) is 6.29. The number of benzene rings is 1. The largest absolute Gasteiger partial charge is 0.367 e. The van der Waals surface area contributed by atoms with Gasteiger partial charge in [-0.3, -0.25) is 4.79 Å². The highest BCUT2D eigenvalue weighted by atomic mass is 16.1. The van der Waals surface area contributed by atoms with Crippen LogP contribution in [0.2, 0.25) is 0 Å². The number of nitrogens with two attached hydrogens (primary N) is 1. The molecule has 1 unspecified atom stereocenters. The molecule has 1 aliphatic rings. The van der Waals surface area contributed by atoms with E-state index in [4.69, 9.17) is 5.73 Å². The monoisotopic (exact) mass is 175 g/mol. The van der Waals surface area contributed by atoms with E-state index in [0.717, 1.165) is 11.1 Å². The third-order valence-electron chi connectivity index (χ3n) is 2.06. The lowest BCUT2D eigenvalue weighted by molar-refractivity contribution is -0.119. The van der Waals surface area contributed by atoms with Crippen molar-refractivity contribution in [3.8, 4) is 0 Å². The van der Waals surface area contributed by atoms with Gasteiger partial charge in [0.05, 0.1) is 6.54 Å². The lowest BCUT2D eigenvalue weighted by Gasteiger charge is -2.15. The van der Waals surface area contributed by atoms with Crippen LogP contribution in [-0.4, -0.2) is 5.91 Å². The second-order valence-electron chi connectivity index (χ2n) is 2.92. The molecule has 1 atom stereocenters. The summed E-state index contributed by atoms with van der Waals surface area (Å²) in [6.07, 6.45) is 0. The molecule has 0 fully saturated rings. The van der Waals surface area contributed by atoms with E-state index >= 15 is 0 Å². The first-order valence-electron chi connectivity index (χ1n) is 4.03. The van der Waals surface area contributed by atoms with Crippen molar-refractivity contribution in [3.05, 3.63) is 35.4 Å². The molecule has 4 heteroatoms. The second-order valence-corrected chi connectivity index (χ2v) is 2.92. The molecule has 1 aromatic rings. The van der Waals surface area contributed by atoms with Crippen molar-refractivity contribution in [3.63, 3.8) is 0 Å². The predicted octanol–water partition coefficient (Wildman–Crippen LogP) is 1.18. The maximum absolute atomic E-state index is 11.0. The molecule has 0 radical (unpaired) electrons. The fraction of sp³-hybridized carbons (Fsp3) is 0.222. The quantitative estimate of drug-likeness (QED) is 0.684. The molecule has 0 bridgehead atoms. The summed E-state index contributed by atoms with van der Waals surface area (Å²) in [7, 11) is 0. The molecule has 0 aliphatic carbocycles. The summed E-state index contributed by atoms with van der Waals surface area (Å²) in [5.41, 5.74) is 7.10. The van der Waals surface area contributed by atoms with E-state index in [1.807, 2.05) is 24.3 Å². The van der Waals surface area contributed by atoms with E-state index in [1.165, 1.54) is 0 Å². The van der Waals surface area contributed by atoms with Crippen LogP contribution in [0, 0.1) is 0 Å². The van der Waals surface area contributed by atoms with Crippen LogP contribution < -0.4 is 5.73 Å². The van der Waals surface area contributed by atoms with E-state index in [9.17, 15) is 4.79 Å². The Morgan fingerprint density at radius 3 is 3.00 bits per heavy atom. The topological polar surface area (TPSA) is 67.8 Å². The molecule has 1 amide bonds. The normalized spacial score (nSPS) is 19.5. The van der Waals surface area contributed by atoms with Crippen LogP contribution in [0.15, 0.2) is 34.5 Å². The Labute approximate surface area is 75.5 Å². The zero-order valence-electron chi connectivity index (χ0n) is 6.97. The minimum atomic E-state index is -0.593. The van der Waals surface area contributed by atoms with Gasteiger partial charge in [-0.25, -0.2) is 0 Å². The van der Waals surface area contributed by atoms with Gasteiger partial charge in [-0.15, -0.1) is 0 Å². The maximum atomic E-state index is 11.0. The van der Waals surface area contributed by atoms with Gasteiger partial charge in [0.25, 0.3) is 0 Å². The van der Waals surface area contributed by atoms with Gasteiger partial charge in [0.15, 0.2) is 6.04 Å². The number of hydrogen-bond donors (Lipinski definition) is 1. The first kappa shape index (κ1) is 7.91. The predicted molar refractivity (Wildman–Crippen MR) is 46.9 cm³/mol. The number of rotatable bonds is 1. The van der Waals surface area contributed by atoms with E-state index in [2.05, 4.69) is 10.2 Å². The van der Waals surface area contributed by atoms with Gasteiger partial charge in [-0.1, -0.05) is 24.3 Å². The highest BCUT2D eigenvalue weighted by Crippen LogP contribution is 2.26. The third kappa shape index (κ3) is 1.30. The Balaban J connectivity index is 2.48. The summed E-state index contributed by atoms with van der Waals surface area (Å²) in [4.78, 5) is 11.0. The Bertz CT molecular complexity index is 373. The second kappa shape index (κ2) is 2.97. The van der Waals surface area contributed by atoms with Crippen molar-refractivity contribution in [1.29, 1.82) is 0 Å². The third-order valence-corrected chi connectivity index (χ3v) is 2.06. The molecule has 1 heterocycles. The van der Waals surface area contributed by atoms with Crippen LogP contribution in [0.1, 0.15) is 17.2 Å². The number of carbonyl (C=O) groups excluding carboxylic acids is 1. The van der Waals surface area contributed by atoms with Gasteiger partial charge in [0.1, 0.15) is 0 Å². The maximum Gasteiger partial charge on any atom is 0.248 e. The smallest absolute Gasteiger partial charge is 0.248 e. The van der Waals surface area contributed by atoms with Crippen molar-refractivity contribution in [2.45, 2.75) is 12.6 Å². The van der Waals surface area contributed by atoms with Gasteiger partial charge in [0.2, 0.25) is 5.91 Å². The van der Waals surface area contributed by atoms with Gasteiger partial charge in [0, 0.05) is 0 Å². The number of amides is 1. The summed E-state index contributed by atoms with van der Waals surface area (Å²) in [6.45, 7) is 0.542. The Hall–Kier alpha value is -1.71. The van der Waals surface area contributed by atoms with Crippen molar-refractivity contribution >= 4 is 5.91 Å². The molecule has 66 valence electrons. The molecule has 2 rings (SSSR count). The van der Waals surface area contributed by atoms with Crippen LogP contribution in [0.3, 0.4) is 0 Å². The minimum Gasteiger partial charge on any atom is -0.367 e. The van der Waals surface area contributed by atoms with Crippen LogP contribution >= 0.6 is 0 Å². The van der Waals surface area contributed by atoms with Crippen LogP contribution in [0.5, 0.6) is 0 Å². The Morgan fingerprint density at radius 1 is 1.46 bits per heavy atom. The molecule has 4 nitrogen and oxygen atoms in total. The summed E-state index contributed by atoms with van der Waals surface area (Å²) in [5, 5.41) is 7.67. The van der Waals surface area contributed by atoms with Crippen LogP contribution in [0.25, 0.3) is 0 Å². The summed E-state index contributed by atoms with van der Waals surface area (Å²) in [6, 6.07) is 6.99. The van der Waals surface area contributed by atoms with Gasteiger partial charge >= 0.3 is 0 Å². The average Bonchev–Trinajstić information content (AvgIpc) is 2.17. The number of carbonyl (C=O) groups is 1. The Morgan fingerprint density at radius 2 is 2.23 bits per heavy atom. The van der Waals surface area contributed by atoms with Crippen molar-refractivity contribution in [2.75, 3.05) is 0 Å². The van der Waals surface area contributed by atoms with E-state index in [1.54, 1.807) is 0 Å². The SMILES string of the molecule is NC(=O)C1N=NCc2ccccc21. The number of fused-ring (bicyclic) bond motifs is 1. The van der Waals surface area contributed by atoms with Gasteiger partial charge < -0.3 is 5.73 Å². The highest BCUT2D eigenvalue weighted by molar-refractivity contribution is 5.82. The fourth-order valence-electron chi connectivity index (χ4n) is 1.42. The lowest BCUT2D eigenvalue weighted by Crippen LogP contribution is -2.22. The van der Waals surface area contributed by atoms with Gasteiger partial charge in [-0.2, -0.15) is 10.2 Å². The van der Waals surface area contributed by atoms with Crippen molar-refractivity contribution < 1.29 is 4.79 Å². The molecular formula is C9H9N3O. The van der Waals surface area contributed by atoms with E-state index in [0.29, 0.717) is 6.54 Å². The summed E-state index contributed by atoms with van der Waals surface area (Å²) < 4.78 is 0. The lowest BCUT2D eigenvalue weighted by atomic mass is 9.99. The zero-order chi connectivity index (χ0) is 9.26. The molecule has 0 spiro atoms. The van der Waals surface area contributed by atoms with Crippen LogP contribution in [-0.2, 0) is 11.3 Å². The minimum absolute atomic E-state index is 0.448. The molecule has 0 saturated carbocycles. The highest BCUT2D eigenvalue weighted by Gasteiger charge is 2.22. The zero-order valence-corrected chi connectivity index (χ0v) is 6.97. The van der Waals surface area contributed by atoms with Crippen molar-refractivity contribution in [2.24, 2.45) is 16.0 Å². The number of azo groups is 1. The number of nitrogens with zero attached hydrogens (tertiary/aromatic N) is 2. The van der Waals surface area contributed by atoms with E-state index < -0.39 is 11.9 Å². The molecule has 0 saturated heterocycles. The molecular weight excluding hydrogens is 166 g/mol. The molecule has 0 aromatic heterocycles. The van der Waals surface area contributed by atoms with E-state index in [-0.39, 0.29) is 0 Å². The molecule has 2 N–H and O–H groups in total. The standard InChI is InChI=1S/C9H9N3O/c10-9(13)8-7-4-2-1-3-6(7)5-11-12-8/h1-4,8H,5H2,(H2,10,13). The molecule has 13 heavy (non-hydrogen) atoms. The van der Waals surface area contributed by atoms with Gasteiger partial charge in [-0.05, 0) is 11.1 Å². The molecule has 1 aromatic carbocycles. The molecule has 1 aliphatic heterocycles. The number of hydrogen-bond acceptors (Lipinski definition) is 3. The average molecular weight is 175 g/mol. The van der Waals surface area contributed by atoms with Crippen LogP contribution in [0.4, 0.5) is 0 Å².